The molecule has 1 N–H and O–H groups in total. The molecule has 0 amide bonds. The maximum absolute atomic E-state index is 13.6. The van der Waals surface area contributed by atoms with E-state index in [1.54, 1.807) is 12.1 Å². The molecule has 1 aliphatic heterocycles. The Balaban J connectivity index is 2.36. The van der Waals surface area contributed by atoms with E-state index in [0.29, 0.717) is 18.8 Å². The van der Waals surface area contributed by atoms with Crippen molar-refractivity contribution >= 4 is 0 Å². The van der Waals surface area contributed by atoms with Crippen LogP contribution in [0.4, 0.5) is 4.39 Å². The SMILES string of the molecule is COc1ccc(C2(O)CCOC2)c(F)c1. The van der Waals surface area contributed by atoms with Crippen molar-refractivity contribution in [3.05, 3.63) is 29.6 Å². The van der Waals surface area contributed by atoms with E-state index in [0.717, 1.165) is 0 Å². The Labute approximate surface area is 87.4 Å². The summed E-state index contributed by atoms with van der Waals surface area (Å²) >= 11 is 0. The van der Waals surface area contributed by atoms with Crippen molar-refractivity contribution in [3.8, 4) is 5.75 Å². The molecule has 15 heavy (non-hydrogen) atoms. The summed E-state index contributed by atoms with van der Waals surface area (Å²) in [4.78, 5) is 0. The van der Waals surface area contributed by atoms with Crippen LogP contribution in [0.25, 0.3) is 0 Å². The van der Waals surface area contributed by atoms with Crippen LogP contribution < -0.4 is 4.74 Å². The van der Waals surface area contributed by atoms with E-state index in [-0.39, 0.29) is 12.2 Å². The first kappa shape index (κ1) is 10.4. The van der Waals surface area contributed by atoms with Crippen LogP contribution in [0.5, 0.6) is 5.75 Å². The molecular weight excluding hydrogens is 199 g/mol. The summed E-state index contributed by atoms with van der Waals surface area (Å²) in [5, 5.41) is 10.1. The fraction of sp³-hybridized carbons (Fsp3) is 0.455. The maximum atomic E-state index is 13.6. The molecule has 1 aromatic rings. The molecule has 2 rings (SSSR count). The van der Waals surface area contributed by atoms with Gasteiger partial charge in [-0.1, -0.05) is 0 Å². The molecule has 0 aromatic heterocycles. The zero-order valence-corrected chi connectivity index (χ0v) is 8.50. The zero-order valence-electron chi connectivity index (χ0n) is 8.50. The van der Waals surface area contributed by atoms with Crippen molar-refractivity contribution in [1.29, 1.82) is 0 Å². The molecule has 1 atom stereocenters. The molecule has 1 saturated heterocycles. The van der Waals surface area contributed by atoms with Gasteiger partial charge in [0.2, 0.25) is 0 Å². The minimum Gasteiger partial charge on any atom is -0.497 e. The van der Waals surface area contributed by atoms with E-state index in [2.05, 4.69) is 0 Å². The second kappa shape index (κ2) is 3.79. The Bertz CT molecular complexity index is 359. The van der Waals surface area contributed by atoms with E-state index in [1.165, 1.54) is 13.2 Å². The zero-order chi connectivity index (χ0) is 10.9. The smallest absolute Gasteiger partial charge is 0.133 e. The fourth-order valence-electron chi connectivity index (χ4n) is 1.77. The largest absolute Gasteiger partial charge is 0.497 e. The summed E-state index contributed by atoms with van der Waals surface area (Å²) in [5.74, 6) is -0.0129. The highest BCUT2D eigenvalue weighted by molar-refractivity contribution is 5.33. The average Bonchev–Trinajstić information content (AvgIpc) is 2.65. The molecular formula is C11H13FO3. The number of aliphatic hydroxyl groups is 1. The van der Waals surface area contributed by atoms with Gasteiger partial charge in [-0.05, 0) is 12.1 Å². The predicted molar refractivity (Wildman–Crippen MR) is 52.3 cm³/mol. The molecule has 4 heteroatoms. The van der Waals surface area contributed by atoms with Crippen molar-refractivity contribution < 1.29 is 19.0 Å². The number of benzene rings is 1. The lowest BCUT2D eigenvalue weighted by Crippen LogP contribution is -2.26. The molecule has 3 nitrogen and oxygen atoms in total. The van der Waals surface area contributed by atoms with Gasteiger partial charge in [0, 0.05) is 24.7 Å². The molecule has 1 aromatic carbocycles. The van der Waals surface area contributed by atoms with Gasteiger partial charge in [-0.2, -0.15) is 0 Å². The van der Waals surface area contributed by atoms with Crippen LogP contribution >= 0.6 is 0 Å². The number of hydrogen-bond donors (Lipinski definition) is 1. The summed E-state index contributed by atoms with van der Waals surface area (Å²) in [6.07, 6.45) is 0.427. The molecule has 0 bridgehead atoms. The summed E-state index contributed by atoms with van der Waals surface area (Å²) in [6, 6.07) is 4.45. The average molecular weight is 212 g/mol. The highest BCUT2D eigenvalue weighted by Gasteiger charge is 2.36. The van der Waals surface area contributed by atoms with Crippen molar-refractivity contribution in [2.45, 2.75) is 12.0 Å². The van der Waals surface area contributed by atoms with Gasteiger partial charge in [0.25, 0.3) is 0 Å². The number of ether oxygens (including phenoxy) is 2. The standard InChI is InChI=1S/C11H13FO3/c1-14-8-2-3-9(10(12)6-8)11(13)4-5-15-7-11/h2-3,6,13H,4-5,7H2,1H3. The monoisotopic (exact) mass is 212 g/mol. The Kier molecular flexibility index (Phi) is 2.63. The van der Waals surface area contributed by atoms with Crippen molar-refractivity contribution in [2.24, 2.45) is 0 Å². The molecule has 1 heterocycles. The van der Waals surface area contributed by atoms with E-state index in [4.69, 9.17) is 9.47 Å². The quantitative estimate of drug-likeness (QED) is 0.806. The van der Waals surface area contributed by atoms with Crippen LogP contribution in [0, 0.1) is 5.82 Å². The van der Waals surface area contributed by atoms with Gasteiger partial charge in [-0.25, -0.2) is 4.39 Å². The maximum Gasteiger partial charge on any atom is 0.133 e. The van der Waals surface area contributed by atoms with E-state index in [1.807, 2.05) is 0 Å². The number of halogens is 1. The summed E-state index contributed by atoms with van der Waals surface area (Å²) in [5.41, 5.74) is -0.906. The normalized spacial score (nSPS) is 25.5. The van der Waals surface area contributed by atoms with E-state index < -0.39 is 11.4 Å². The van der Waals surface area contributed by atoms with Crippen LogP contribution in [0.2, 0.25) is 0 Å². The van der Waals surface area contributed by atoms with Gasteiger partial charge in [0.1, 0.15) is 17.2 Å². The lowest BCUT2D eigenvalue weighted by molar-refractivity contribution is 0.0201. The lowest BCUT2D eigenvalue weighted by Gasteiger charge is -2.21. The molecule has 0 aliphatic carbocycles. The van der Waals surface area contributed by atoms with Gasteiger partial charge in [0.05, 0.1) is 13.7 Å². The van der Waals surface area contributed by atoms with Crippen LogP contribution in [0.3, 0.4) is 0 Å². The van der Waals surface area contributed by atoms with Gasteiger partial charge in [0.15, 0.2) is 0 Å². The third-order valence-corrected chi connectivity index (χ3v) is 2.68. The van der Waals surface area contributed by atoms with Crippen LogP contribution in [-0.2, 0) is 10.3 Å². The molecule has 0 saturated carbocycles. The van der Waals surface area contributed by atoms with E-state index >= 15 is 0 Å². The third kappa shape index (κ3) is 1.82. The fourth-order valence-corrected chi connectivity index (χ4v) is 1.77. The topological polar surface area (TPSA) is 38.7 Å². The Hall–Kier alpha value is -1.13. The van der Waals surface area contributed by atoms with Crippen molar-refractivity contribution in [3.63, 3.8) is 0 Å². The Morgan fingerprint density at radius 2 is 2.33 bits per heavy atom. The molecule has 0 radical (unpaired) electrons. The van der Waals surface area contributed by atoms with Gasteiger partial charge < -0.3 is 14.6 Å². The first-order chi connectivity index (χ1) is 7.15. The Morgan fingerprint density at radius 3 is 2.87 bits per heavy atom. The van der Waals surface area contributed by atoms with E-state index in [9.17, 15) is 9.50 Å². The van der Waals surface area contributed by atoms with Gasteiger partial charge >= 0.3 is 0 Å². The van der Waals surface area contributed by atoms with Crippen LogP contribution in [-0.4, -0.2) is 25.4 Å². The lowest BCUT2D eigenvalue weighted by atomic mass is 9.93. The summed E-state index contributed by atoms with van der Waals surface area (Å²) < 4.78 is 23.6. The predicted octanol–water partition coefficient (Wildman–Crippen LogP) is 1.44. The first-order valence-corrected chi connectivity index (χ1v) is 4.80. The minimum atomic E-state index is -1.18. The van der Waals surface area contributed by atoms with Crippen molar-refractivity contribution in [2.75, 3.05) is 20.3 Å². The Morgan fingerprint density at radius 1 is 1.53 bits per heavy atom. The molecule has 82 valence electrons. The summed E-state index contributed by atoms with van der Waals surface area (Å²) in [7, 11) is 1.47. The van der Waals surface area contributed by atoms with Crippen LogP contribution in [0.15, 0.2) is 18.2 Å². The minimum absolute atomic E-state index is 0.149. The second-order valence-corrected chi connectivity index (χ2v) is 3.68. The first-order valence-electron chi connectivity index (χ1n) is 4.80. The number of methoxy groups -OCH3 is 1. The third-order valence-electron chi connectivity index (χ3n) is 2.68. The van der Waals surface area contributed by atoms with Gasteiger partial charge in [-0.3, -0.25) is 0 Å². The highest BCUT2D eigenvalue weighted by atomic mass is 19.1. The number of hydrogen-bond acceptors (Lipinski definition) is 3. The highest BCUT2D eigenvalue weighted by Crippen LogP contribution is 2.33. The molecule has 1 unspecified atom stereocenters. The van der Waals surface area contributed by atoms with Crippen LogP contribution in [0.1, 0.15) is 12.0 Å². The van der Waals surface area contributed by atoms with Gasteiger partial charge in [-0.15, -0.1) is 0 Å². The second-order valence-electron chi connectivity index (χ2n) is 3.68. The summed E-state index contributed by atoms with van der Waals surface area (Å²) in [6.45, 7) is 0.609. The molecule has 1 aliphatic rings. The number of rotatable bonds is 2. The molecule has 1 fully saturated rings. The van der Waals surface area contributed by atoms with Crippen molar-refractivity contribution in [1.82, 2.24) is 0 Å². The molecule has 0 spiro atoms.